The van der Waals surface area contributed by atoms with E-state index in [1.807, 2.05) is 19.2 Å². The topological polar surface area (TPSA) is 43.8 Å². The lowest BCUT2D eigenvalue weighted by Gasteiger charge is -1.99. The predicted octanol–water partition coefficient (Wildman–Crippen LogP) is 1.92. The number of aryl methyl sites for hydroxylation is 1. The Hall–Kier alpha value is -1.03. The van der Waals surface area contributed by atoms with E-state index in [2.05, 4.69) is 21.0 Å². The van der Waals surface area contributed by atoms with Gasteiger partial charge in [-0.05, 0) is 12.1 Å². The molecule has 0 aliphatic heterocycles. The van der Waals surface area contributed by atoms with Crippen LogP contribution in [0.2, 0.25) is 0 Å². The summed E-state index contributed by atoms with van der Waals surface area (Å²) in [5.41, 5.74) is 7.52. The smallest absolute Gasteiger partial charge is 0.0919 e. The number of hydrogen-bond acceptors (Lipinski definition) is 2. The Morgan fingerprint density at radius 1 is 1.50 bits per heavy atom. The maximum absolute atomic E-state index is 5.79. The highest BCUT2D eigenvalue weighted by atomic mass is 79.9. The molecule has 2 N–H and O–H groups in total. The van der Waals surface area contributed by atoms with Crippen LogP contribution in [0.15, 0.2) is 22.8 Å². The normalized spacial score (nSPS) is 10.8. The van der Waals surface area contributed by atoms with Gasteiger partial charge in [-0.2, -0.15) is 5.10 Å². The van der Waals surface area contributed by atoms with E-state index in [1.165, 1.54) is 0 Å². The summed E-state index contributed by atoms with van der Waals surface area (Å²) < 4.78 is 2.80. The molecule has 2 rings (SSSR count). The van der Waals surface area contributed by atoms with Crippen molar-refractivity contribution in [3.63, 3.8) is 0 Å². The van der Waals surface area contributed by atoms with Gasteiger partial charge in [0, 0.05) is 16.9 Å². The molecule has 0 unspecified atom stereocenters. The summed E-state index contributed by atoms with van der Waals surface area (Å²) in [5.74, 6) is 0. The fourth-order valence-corrected chi connectivity index (χ4v) is 1.71. The summed E-state index contributed by atoms with van der Waals surface area (Å²) in [7, 11) is 1.88. The van der Waals surface area contributed by atoms with Gasteiger partial charge in [0.05, 0.1) is 17.4 Å². The van der Waals surface area contributed by atoms with Crippen molar-refractivity contribution >= 4 is 32.5 Å². The third-order valence-corrected chi connectivity index (χ3v) is 2.57. The SMILES string of the molecule is Cn1ncc2c(Br)ccc(N)c21. The number of nitrogens with zero attached hydrogens (tertiary/aromatic N) is 2. The number of aromatic nitrogens is 2. The summed E-state index contributed by atoms with van der Waals surface area (Å²) in [6.07, 6.45) is 1.80. The Morgan fingerprint density at radius 2 is 2.25 bits per heavy atom. The van der Waals surface area contributed by atoms with Gasteiger partial charge in [0.1, 0.15) is 0 Å². The van der Waals surface area contributed by atoms with Crippen molar-refractivity contribution in [1.29, 1.82) is 0 Å². The molecule has 4 heteroatoms. The molecule has 0 atom stereocenters. The van der Waals surface area contributed by atoms with Crippen molar-refractivity contribution in [1.82, 2.24) is 9.78 Å². The van der Waals surface area contributed by atoms with Crippen LogP contribution in [-0.2, 0) is 7.05 Å². The van der Waals surface area contributed by atoms with Crippen LogP contribution in [0.25, 0.3) is 10.9 Å². The highest BCUT2D eigenvalue weighted by Crippen LogP contribution is 2.27. The quantitative estimate of drug-likeness (QED) is 0.697. The van der Waals surface area contributed by atoms with E-state index < -0.39 is 0 Å². The molecule has 0 fully saturated rings. The van der Waals surface area contributed by atoms with Crippen molar-refractivity contribution in [3.8, 4) is 0 Å². The molecule has 1 aromatic heterocycles. The van der Waals surface area contributed by atoms with E-state index in [9.17, 15) is 0 Å². The first kappa shape index (κ1) is 7.61. The number of hydrogen-bond donors (Lipinski definition) is 1. The standard InChI is InChI=1S/C8H8BrN3/c1-12-8-5(4-11-12)6(9)2-3-7(8)10/h2-4H,10H2,1H3. The second kappa shape index (κ2) is 2.48. The van der Waals surface area contributed by atoms with Crippen LogP contribution < -0.4 is 5.73 Å². The van der Waals surface area contributed by atoms with Crippen molar-refractivity contribution in [3.05, 3.63) is 22.8 Å². The molecule has 1 heterocycles. The first-order valence-corrected chi connectivity index (χ1v) is 4.35. The van der Waals surface area contributed by atoms with E-state index in [-0.39, 0.29) is 0 Å². The average molecular weight is 226 g/mol. The van der Waals surface area contributed by atoms with Crippen molar-refractivity contribution in [2.45, 2.75) is 0 Å². The van der Waals surface area contributed by atoms with E-state index in [0.29, 0.717) is 0 Å². The van der Waals surface area contributed by atoms with Gasteiger partial charge < -0.3 is 5.73 Å². The molecule has 3 nitrogen and oxygen atoms in total. The van der Waals surface area contributed by atoms with Crippen LogP contribution in [0.1, 0.15) is 0 Å². The monoisotopic (exact) mass is 225 g/mol. The third kappa shape index (κ3) is 0.914. The number of nitrogens with two attached hydrogens (primary N) is 1. The molecular weight excluding hydrogens is 218 g/mol. The maximum Gasteiger partial charge on any atom is 0.0919 e. The number of rotatable bonds is 0. The molecule has 0 spiro atoms. The fourth-order valence-electron chi connectivity index (χ4n) is 1.29. The Kier molecular flexibility index (Phi) is 1.58. The zero-order chi connectivity index (χ0) is 8.72. The molecule has 0 saturated carbocycles. The second-order valence-corrected chi connectivity index (χ2v) is 3.52. The molecule has 0 aliphatic rings. The zero-order valence-electron chi connectivity index (χ0n) is 6.58. The summed E-state index contributed by atoms with van der Waals surface area (Å²) in [6, 6.07) is 3.80. The molecule has 0 amide bonds. The van der Waals surface area contributed by atoms with Gasteiger partial charge in [-0.25, -0.2) is 0 Å². The minimum atomic E-state index is 0.758. The molecule has 0 saturated heterocycles. The second-order valence-electron chi connectivity index (χ2n) is 2.67. The van der Waals surface area contributed by atoms with Gasteiger partial charge in [-0.1, -0.05) is 15.9 Å². The van der Waals surface area contributed by atoms with E-state index in [0.717, 1.165) is 21.1 Å². The average Bonchev–Trinajstić information content (AvgIpc) is 2.42. The summed E-state index contributed by atoms with van der Waals surface area (Å²) in [4.78, 5) is 0. The predicted molar refractivity (Wildman–Crippen MR) is 52.8 cm³/mol. The number of halogens is 1. The summed E-state index contributed by atoms with van der Waals surface area (Å²) in [6.45, 7) is 0. The maximum atomic E-state index is 5.79. The number of fused-ring (bicyclic) bond motifs is 1. The molecule has 2 aromatic rings. The Labute approximate surface area is 78.3 Å². The number of anilines is 1. The van der Waals surface area contributed by atoms with Crippen LogP contribution in [0.3, 0.4) is 0 Å². The molecule has 1 aromatic carbocycles. The third-order valence-electron chi connectivity index (χ3n) is 1.88. The summed E-state index contributed by atoms with van der Waals surface area (Å²) in [5, 5.41) is 5.18. The first-order valence-electron chi connectivity index (χ1n) is 3.56. The first-order chi connectivity index (χ1) is 5.70. The molecule has 0 bridgehead atoms. The number of nitrogen functional groups attached to an aromatic ring is 1. The Balaban J connectivity index is 2.98. The highest BCUT2D eigenvalue weighted by molar-refractivity contribution is 9.10. The van der Waals surface area contributed by atoms with Crippen LogP contribution in [0.4, 0.5) is 5.69 Å². The van der Waals surface area contributed by atoms with E-state index in [1.54, 1.807) is 10.9 Å². The minimum Gasteiger partial charge on any atom is -0.397 e. The molecule has 0 radical (unpaired) electrons. The molecule has 0 aliphatic carbocycles. The highest BCUT2D eigenvalue weighted by Gasteiger charge is 2.05. The van der Waals surface area contributed by atoms with E-state index >= 15 is 0 Å². The zero-order valence-corrected chi connectivity index (χ0v) is 8.17. The van der Waals surface area contributed by atoms with Gasteiger partial charge >= 0.3 is 0 Å². The molecule has 12 heavy (non-hydrogen) atoms. The van der Waals surface area contributed by atoms with Gasteiger partial charge in [0.25, 0.3) is 0 Å². The number of benzene rings is 1. The Bertz CT molecular complexity index is 433. The van der Waals surface area contributed by atoms with E-state index in [4.69, 9.17) is 5.73 Å². The van der Waals surface area contributed by atoms with Gasteiger partial charge in [-0.3, -0.25) is 4.68 Å². The van der Waals surface area contributed by atoms with Crippen molar-refractivity contribution < 1.29 is 0 Å². The lowest BCUT2D eigenvalue weighted by atomic mass is 10.2. The van der Waals surface area contributed by atoms with Gasteiger partial charge in [0.2, 0.25) is 0 Å². The van der Waals surface area contributed by atoms with Gasteiger partial charge in [0.15, 0.2) is 0 Å². The fraction of sp³-hybridized carbons (Fsp3) is 0.125. The summed E-state index contributed by atoms with van der Waals surface area (Å²) >= 11 is 3.44. The van der Waals surface area contributed by atoms with Crippen LogP contribution >= 0.6 is 15.9 Å². The van der Waals surface area contributed by atoms with Gasteiger partial charge in [-0.15, -0.1) is 0 Å². The van der Waals surface area contributed by atoms with Crippen LogP contribution in [0, 0.1) is 0 Å². The van der Waals surface area contributed by atoms with Crippen LogP contribution in [-0.4, -0.2) is 9.78 Å². The molecular formula is C8H8BrN3. The molecule has 62 valence electrons. The van der Waals surface area contributed by atoms with Crippen molar-refractivity contribution in [2.24, 2.45) is 7.05 Å². The lowest BCUT2D eigenvalue weighted by molar-refractivity contribution is 0.798. The van der Waals surface area contributed by atoms with Crippen LogP contribution in [0.5, 0.6) is 0 Å². The minimum absolute atomic E-state index is 0.758. The largest absolute Gasteiger partial charge is 0.397 e. The Morgan fingerprint density at radius 3 is 2.92 bits per heavy atom. The van der Waals surface area contributed by atoms with Crippen molar-refractivity contribution in [2.75, 3.05) is 5.73 Å². The lowest BCUT2D eigenvalue weighted by Crippen LogP contribution is -1.94.